The van der Waals surface area contributed by atoms with Gasteiger partial charge in [-0.15, -0.1) is 11.3 Å². The highest BCUT2D eigenvalue weighted by Crippen LogP contribution is 2.21. The number of ether oxygens (including phenoxy) is 1. The average molecular weight is 361 g/mol. The SMILES string of the molecule is CCNC(=NCc1scnc1C)NCCC(C)c1ccc(OC)cc1. The lowest BCUT2D eigenvalue weighted by Gasteiger charge is -2.15. The summed E-state index contributed by atoms with van der Waals surface area (Å²) in [5.74, 6) is 2.23. The molecule has 2 aromatic rings. The summed E-state index contributed by atoms with van der Waals surface area (Å²) in [7, 11) is 1.69. The first-order valence-corrected chi connectivity index (χ1v) is 9.57. The van der Waals surface area contributed by atoms with E-state index in [4.69, 9.17) is 4.74 Å². The van der Waals surface area contributed by atoms with Crippen molar-refractivity contribution in [3.63, 3.8) is 0 Å². The van der Waals surface area contributed by atoms with Gasteiger partial charge in [-0.2, -0.15) is 0 Å². The fraction of sp³-hybridized carbons (Fsp3) is 0.474. The third-order valence-corrected chi connectivity index (χ3v) is 5.04. The summed E-state index contributed by atoms with van der Waals surface area (Å²) in [5.41, 5.74) is 4.26. The van der Waals surface area contributed by atoms with Crippen LogP contribution in [0, 0.1) is 6.92 Å². The molecule has 0 spiro atoms. The molecule has 5 nitrogen and oxygen atoms in total. The van der Waals surface area contributed by atoms with E-state index >= 15 is 0 Å². The topological polar surface area (TPSA) is 58.5 Å². The van der Waals surface area contributed by atoms with Crippen LogP contribution in [0.3, 0.4) is 0 Å². The Morgan fingerprint density at radius 1 is 1.28 bits per heavy atom. The standard InChI is InChI=1S/C19H28N4OS/c1-5-20-19(22-12-18-15(3)23-13-25-18)21-11-10-14(2)16-6-8-17(24-4)9-7-16/h6-9,13-14H,5,10-12H2,1-4H3,(H2,20,21,22). The van der Waals surface area contributed by atoms with Gasteiger partial charge in [-0.1, -0.05) is 19.1 Å². The molecule has 1 unspecified atom stereocenters. The van der Waals surface area contributed by atoms with Gasteiger partial charge in [0.1, 0.15) is 5.75 Å². The van der Waals surface area contributed by atoms with Crippen molar-refractivity contribution in [1.82, 2.24) is 15.6 Å². The molecule has 1 atom stereocenters. The van der Waals surface area contributed by atoms with Crippen LogP contribution in [0.5, 0.6) is 5.75 Å². The molecule has 0 amide bonds. The van der Waals surface area contributed by atoms with Crippen molar-refractivity contribution in [3.05, 3.63) is 45.9 Å². The normalized spacial score (nSPS) is 12.7. The Kier molecular flexibility index (Phi) is 7.73. The van der Waals surface area contributed by atoms with Crippen LogP contribution >= 0.6 is 11.3 Å². The van der Waals surface area contributed by atoms with Crippen LogP contribution in [-0.2, 0) is 6.54 Å². The van der Waals surface area contributed by atoms with Gasteiger partial charge in [-0.25, -0.2) is 9.98 Å². The van der Waals surface area contributed by atoms with Gasteiger partial charge < -0.3 is 15.4 Å². The Hall–Kier alpha value is -2.08. The maximum Gasteiger partial charge on any atom is 0.191 e. The van der Waals surface area contributed by atoms with Crippen LogP contribution in [0.4, 0.5) is 0 Å². The third-order valence-electron chi connectivity index (χ3n) is 4.12. The molecule has 6 heteroatoms. The second kappa shape index (κ2) is 10.0. The molecule has 0 fully saturated rings. The van der Waals surface area contributed by atoms with Crippen LogP contribution < -0.4 is 15.4 Å². The number of guanidine groups is 1. The van der Waals surface area contributed by atoms with E-state index in [2.05, 4.69) is 46.6 Å². The second-order valence-corrected chi connectivity index (χ2v) is 6.89. The van der Waals surface area contributed by atoms with Crippen LogP contribution in [0.2, 0.25) is 0 Å². The predicted molar refractivity (Wildman–Crippen MR) is 106 cm³/mol. The molecule has 136 valence electrons. The summed E-state index contributed by atoms with van der Waals surface area (Å²) in [6.45, 7) is 8.74. The zero-order valence-electron chi connectivity index (χ0n) is 15.5. The number of hydrogen-bond donors (Lipinski definition) is 2. The largest absolute Gasteiger partial charge is 0.497 e. The Morgan fingerprint density at radius 3 is 2.64 bits per heavy atom. The molecule has 0 bridgehead atoms. The molecule has 25 heavy (non-hydrogen) atoms. The monoisotopic (exact) mass is 360 g/mol. The van der Waals surface area contributed by atoms with Gasteiger partial charge in [0.05, 0.1) is 24.9 Å². The van der Waals surface area contributed by atoms with Gasteiger partial charge in [-0.05, 0) is 43.9 Å². The highest BCUT2D eigenvalue weighted by Gasteiger charge is 2.07. The Bertz CT molecular complexity index is 666. The van der Waals surface area contributed by atoms with Crippen molar-refractivity contribution in [2.24, 2.45) is 4.99 Å². The first-order chi connectivity index (χ1) is 12.1. The summed E-state index contributed by atoms with van der Waals surface area (Å²) in [6.07, 6.45) is 1.04. The van der Waals surface area contributed by atoms with E-state index < -0.39 is 0 Å². The van der Waals surface area contributed by atoms with Crippen LogP contribution in [0.1, 0.15) is 42.3 Å². The summed E-state index contributed by atoms with van der Waals surface area (Å²) >= 11 is 1.65. The van der Waals surface area contributed by atoms with E-state index in [-0.39, 0.29) is 0 Å². The van der Waals surface area contributed by atoms with E-state index in [1.54, 1.807) is 18.4 Å². The van der Waals surface area contributed by atoms with E-state index in [9.17, 15) is 0 Å². The number of nitrogens with zero attached hydrogens (tertiary/aromatic N) is 2. The first-order valence-electron chi connectivity index (χ1n) is 8.69. The van der Waals surface area contributed by atoms with E-state index in [1.807, 2.05) is 24.6 Å². The fourth-order valence-electron chi connectivity index (χ4n) is 2.48. The molecule has 0 radical (unpaired) electrons. The molecule has 0 saturated carbocycles. The zero-order chi connectivity index (χ0) is 18.1. The van der Waals surface area contributed by atoms with E-state index in [0.717, 1.165) is 36.9 Å². The minimum atomic E-state index is 0.477. The molecular formula is C19H28N4OS. The minimum Gasteiger partial charge on any atom is -0.497 e. The first kappa shape index (κ1) is 19.2. The average Bonchev–Trinajstić information content (AvgIpc) is 3.04. The van der Waals surface area contributed by atoms with Crippen molar-refractivity contribution in [3.8, 4) is 5.75 Å². The summed E-state index contributed by atoms with van der Waals surface area (Å²) in [6, 6.07) is 8.30. The Labute approximate surface area is 154 Å². The van der Waals surface area contributed by atoms with E-state index in [1.165, 1.54) is 10.4 Å². The predicted octanol–water partition coefficient (Wildman–Crippen LogP) is 3.71. The smallest absolute Gasteiger partial charge is 0.191 e. The minimum absolute atomic E-state index is 0.477. The maximum absolute atomic E-state index is 5.21. The number of nitrogens with one attached hydrogen (secondary N) is 2. The number of aryl methyl sites for hydroxylation is 1. The van der Waals surface area contributed by atoms with Crippen molar-refractivity contribution in [2.75, 3.05) is 20.2 Å². The molecule has 1 aromatic heterocycles. The third kappa shape index (κ3) is 6.05. The van der Waals surface area contributed by atoms with Gasteiger partial charge in [0.2, 0.25) is 0 Å². The van der Waals surface area contributed by atoms with Crippen molar-refractivity contribution < 1.29 is 4.74 Å². The molecule has 0 saturated heterocycles. The number of aliphatic imine (C=N–C) groups is 1. The second-order valence-electron chi connectivity index (χ2n) is 5.95. The molecule has 2 rings (SSSR count). The lowest BCUT2D eigenvalue weighted by atomic mass is 9.98. The van der Waals surface area contributed by atoms with Crippen LogP contribution in [0.25, 0.3) is 0 Å². The summed E-state index contributed by atoms with van der Waals surface area (Å²) in [4.78, 5) is 10.1. The van der Waals surface area contributed by atoms with Crippen LogP contribution in [-0.4, -0.2) is 31.1 Å². The maximum atomic E-state index is 5.21. The molecule has 0 aliphatic heterocycles. The molecular weight excluding hydrogens is 332 g/mol. The number of methoxy groups -OCH3 is 1. The molecule has 0 aliphatic carbocycles. The lowest BCUT2D eigenvalue weighted by molar-refractivity contribution is 0.414. The lowest BCUT2D eigenvalue weighted by Crippen LogP contribution is -2.38. The van der Waals surface area contributed by atoms with Crippen molar-refractivity contribution >= 4 is 17.3 Å². The van der Waals surface area contributed by atoms with Crippen molar-refractivity contribution in [1.29, 1.82) is 0 Å². The van der Waals surface area contributed by atoms with Crippen molar-refractivity contribution in [2.45, 2.75) is 39.7 Å². The highest BCUT2D eigenvalue weighted by atomic mass is 32.1. The summed E-state index contributed by atoms with van der Waals surface area (Å²) < 4.78 is 5.21. The highest BCUT2D eigenvalue weighted by molar-refractivity contribution is 7.09. The Balaban J connectivity index is 1.84. The summed E-state index contributed by atoms with van der Waals surface area (Å²) in [5, 5.41) is 6.72. The molecule has 1 heterocycles. The Morgan fingerprint density at radius 2 is 2.04 bits per heavy atom. The number of rotatable bonds is 8. The molecule has 1 aromatic carbocycles. The van der Waals surface area contributed by atoms with Crippen LogP contribution in [0.15, 0.2) is 34.8 Å². The van der Waals surface area contributed by atoms with Gasteiger partial charge in [-0.3, -0.25) is 0 Å². The van der Waals surface area contributed by atoms with Gasteiger partial charge in [0.25, 0.3) is 0 Å². The van der Waals surface area contributed by atoms with Gasteiger partial charge >= 0.3 is 0 Å². The number of aromatic nitrogens is 1. The fourth-order valence-corrected chi connectivity index (χ4v) is 3.18. The number of hydrogen-bond acceptors (Lipinski definition) is 4. The van der Waals surface area contributed by atoms with E-state index in [0.29, 0.717) is 12.5 Å². The van der Waals surface area contributed by atoms with Gasteiger partial charge in [0, 0.05) is 18.0 Å². The van der Waals surface area contributed by atoms with Gasteiger partial charge in [0.15, 0.2) is 5.96 Å². The number of benzene rings is 1. The molecule has 0 aliphatic rings. The quantitative estimate of drug-likeness (QED) is 0.556. The number of thiazole rings is 1. The molecule has 2 N–H and O–H groups in total. The zero-order valence-corrected chi connectivity index (χ0v) is 16.3.